The number of halogens is 3. The minimum absolute atomic E-state index is 0.154. The van der Waals surface area contributed by atoms with E-state index in [0.29, 0.717) is 24.5 Å². The molecule has 0 radical (unpaired) electrons. The minimum Gasteiger partial charge on any atom is -0.321 e. The summed E-state index contributed by atoms with van der Waals surface area (Å²) in [5.74, 6) is -1.73. The lowest BCUT2D eigenvalue weighted by atomic mass is 10.2. The van der Waals surface area contributed by atoms with Crippen LogP contribution >= 0.6 is 11.8 Å². The predicted molar refractivity (Wildman–Crippen MR) is 72.9 cm³/mol. The quantitative estimate of drug-likeness (QED) is 0.868. The Labute approximate surface area is 128 Å². The number of anilines is 1. The summed E-state index contributed by atoms with van der Waals surface area (Å²) in [6.07, 6.45) is -3.68. The Kier molecular flexibility index (Phi) is 4.94. The van der Waals surface area contributed by atoms with Crippen molar-refractivity contribution in [3.8, 4) is 0 Å². The maximum atomic E-state index is 12.4. The lowest BCUT2D eigenvalue weighted by Gasteiger charge is -2.22. The van der Waals surface area contributed by atoms with Gasteiger partial charge in [0.15, 0.2) is 0 Å². The number of nitrogens with zero attached hydrogens (tertiary/aromatic N) is 3. The second-order valence-electron chi connectivity index (χ2n) is 4.62. The first-order chi connectivity index (χ1) is 10.3. The van der Waals surface area contributed by atoms with Gasteiger partial charge in [-0.3, -0.25) is 20.0 Å². The highest BCUT2D eigenvalue weighted by Crippen LogP contribution is 2.27. The van der Waals surface area contributed by atoms with E-state index in [1.165, 1.54) is 16.7 Å². The number of carbonyl (C=O) groups is 2. The fourth-order valence-corrected chi connectivity index (χ4v) is 3.08. The number of hydrogen-bond donors (Lipinski definition) is 2. The van der Waals surface area contributed by atoms with Crippen LogP contribution in [0.3, 0.4) is 0 Å². The molecule has 1 aliphatic rings. The molecule has 11 heteroatoms. The van der Waals surface area contributed by atoms with E-state index < -0.39 is 29.9 Å². The van der Waals surface area contributed by atoms with Gasteiger partial charge < -0.3 is 4.90 Å². The molecule has 1 aromatic rings. The Balaban J connectivity index is 2.02. The minimum atomic E-state index is -4.66. The van der Waals surface area contributed by atoms with Crippen LogP contribution < -0.4 is 5.32 Å². The van der Waals surface area contributed by atoms with Crippen molar-refractivity contribution in [2.45, 2.75) is 32.0 Å². The maximum Gasteiger partial charge on any atom is 0.451 e. The molecule has 0 aromatic carbocycles. The number of rotatable bonds is 4. The van der Waals surface area contributed by atoms with Gasteiger partial charge in [0.05, 0.1) is 5.88 Å². The zero-order chi connectivity index (χ0) is 16.3. The van der Waals surface area contributed by atoms with E-state index in [-0.39, 0.29) is 5.91 Å². The highest BCUT2D eigenvalue weighted by atomic mass is 32.2. The van der Waals surface area contributed by atoms with Gasteiger partial charge in [0.1, 0.15) is 6.04 Å². The van der Waals surface area contributed by atoms with Gasteiger partial charge in [-0.25, -0.2) is 0 Å². The van der Waals surface area contributed by atoms with Crippen LogP contribution in [-0.4, -0.2) is 49.6 Å². The number of aromatic amines is 1. The Hall–Kier alpha value is -1.78. The van der Waals surface area contributed by atoms with Gasteiger partial charge in [-0.2, -0.15) is 18.2 Å². The average Bonchev–Trinajstić information content (AvgIpc) is 3.06. The van der Waals surface area contributed by atoms with Gasteiger partial charge in [0.2, 0.25) is 23.6 Å². The van der Waals surface area contributed by atoms with E-state index in [1.54, 1.807) is 5.10 Å². The molecule has 1 aromatic heterocycles. The molecular weight excluding hydrogens is 323 g/mol. The van der Waals surface area contributed by atoms with Crippen molar-refractivity contribution in [2.24, 2.45) is 0 Å². The molecule has 1 unspecified atom stereocenters. The average molecular weight is 337 g/mol. The summed E-state index contributed by atoms with van der Waals surface area (Å²) < 4.78 is 37.2. The molecule has 7 nitrogen and oxygen atoms in total. The Morgan fingerprint density at radius 1 is 1.50 bits per heavy atom. The molecule has 1 aliphatic heterocycles. The van der Waals surface area contributed by atoms with Crippen LogP contribution in [0.4, 0.5) is 19.1 Å². The largest absolute Gasteiger partial charge is 0.451 e. The molecule has 22 heavy (non-hydrogen) atoms. The van der Waals surface area contributed by atoms with Crippen LogP contribution in [0.2, 0.25) is 0 Å². The van der Waals surface area contributed by atoms with E-state index in [4.69, 9.17) is 0 Å². The lowest BCUT2D eigenvalue weighted by molar-refractivity contribution is -0.144. The van der Waals surface area contributed by atoms with Crippen LogP contribution in [0.25, 0.3) is 0 Å². The molecule has 0 bridgehead atoms. The third-order valence-corrected chi connectivity index (χ3v) is 3.97. The van der Waals surface area contributed by atoms with Gasteiger partial charge in [0.25, 0.3) is 0 Å². The molecule has 122 valence electrons. The van der Waals surface area contributed by atoms with Crippen LogP contribution in [0, 0.1) is 0 Å². The van der Waals surface area contributed by atoms with E-state index in [1.807, 2.05) is 6.92 Å². The normalized spacial score (nSPS) is 18.5. The van der Waals surface area contributed by atoms with Gasteiger partial charge >= 0.3 is 6.18 Å². The second kappa shape index (κ2) is 6.55. The number of amides is 2. The molecule has 0 spiro atoms. The summed E-state index contributed by atoms with van der Waals surface area (Å²) in [6, 6.07) is -0.725. The third kappa shape index (κ3) is 3.70. The van der Waals surface area contributed by atoms with Crippen molar-refractivity contribution in [3.63, 3.8) is 0 Å². The van der Waals surface area contributed by atoms with Crippen molar-refractivity contribution < 1.29 is 22.8 Å². The molecule has 2 N–H and O–H groups in total. The fraction of sp³-hybridized carbons (Fsp3) is 0.636. The van der Waals surface area contributed by atoms with Crippen molar-refractivity contribution in [1.29, 1.82) is 0 Å². The lowest BCUT2D eigenvalue weighted by Crippen LogP contribution is -2.44. The molecule has 2 heterocycles. The van der Waals surface area contributed by atoms with Gasteiger partial charge in [-0.15, -0.1) is 16.9 Å². The van der Waals surface area contributed by atoms with Crippen LogP contribution in [0.15, 0.2) is 0 Å². The van der Waals surface area contributed by atoms with E-state index in [9.17, 15) is 22.8 Å². The first kappa shape index (κ1) is 16.6. The highest BCUT2D eigenvalue weighted by molar-refractivity contribution is 7.99. The molecule has 0 saturated carbocycles. The summed E-state index contributed by atoms with van der Waals surface area (Å²) in [7, 11) is 0. The number of alkyl halides is 3. The van der Waals surface area contributed by atoms with E-state index in [0.717, 1.165) is 0 Å². The summed E-state index contributed by atoms with van der Waals surface area (Å²) in [4.78, 5) is 28.6. The predicted octanol–water partition coefficient (Wildman–Crippen LogP) is 1.46. The van der Waals surface area contributed by atoms with Crippen molar-refractivity contribution in [3.05, 3.63) is 5.82 Å². The van der Waals surface area contributed by atoms with E-state index in [2.05, 4.69) is 15.4 Å². The molecule has 1 atom stereocenters. The molecule has 2 amide bonds. The zero-order valence-corrected chi connectivity index (χ0v) is 12.4. The standard InChI is InChI=1S/C11H14F3N5O2S/c1-2-3-7(20)19-5-22-4-6(19)8(21)15-10-16-9(17-18-10)11(12,13)14/h6H,2-5H2,1H3,(H2,15,16,17,18,21). The zero-order valence-electron chi connectivity index (χ0n) is 11.6. The smallest absolute Gasteiger partial charge is 0.321 e. The first-order valence-electron chi connectivity index (χ1n) is 6.50. The van der Waals surface area contributed by atoms with Crippen LogP contribution in [-0.2, 0) is 15.8 Å². The third-order valence-electron chi connectivity index (χ3n) is 2.96. The second-order valence-corrected chi connectivity index (χ2v) is 5.62. The summed E-state index contributed by atoms with van der Waals surface area (Å²) >= 11 is 1.41. The Morgan fingerprint density at radius 2 is 2.23 bits per heavy atom. The van der Waals surface area contributed by atoms with Crippen molar-refractivity contribution in [2.75, 3.05) is 16.9 Å². The monoisotopic (exact) mass is 337 g/mol. The number of aromatic nitrogens is 3. The van der Waals surface area contributed by atoms with Crippen molar-refractivity contribution in [1.82, 2.24) is 20.1 Å². The first-order valence-corrected chi connectivity index (χ1v) is 7.66. The topological polar surface area (TPSA) is 91.0 Å². The molecule has 1 fully saturated rings. The van der Waals surface area contributed by atoms with Crippen LogP contribution in [0.5, 0.6) is 0 Å². The fourth-order valence-electron chi connectivity index (χ4n) is 1.90. The Morgan fingerprint density at radius 3 is 2.82 bits per heavy atom. The van der Waals surface area contributed by atoms with Gasteiger partial charge in [-0.1, -0.05) is 6.92 Å². The molecular formula is C11H14F3N5O2S. The number of hydrogen-bond acceptors (Lipinski definition) is 5. The van der Waals surface area contributed by atoms with E-state index >= 15 is 0 Å². The van der Waals surface area contributed by atoms with Gasteiger partial charge in [0, 0.05) is 12.2 Å². The SMILES string of the molecule is CCCC(=O)N1CSCC1C(=O)Nc1n[nH]c(C(F)(F)F)n1. The summed E-state index contributed by atoms with van der Waals surface area (Å²) in [5.41, 5.74) is 0. The maximum absolute atomic E-state index is 12.4. The van der Waals surface area contributed by atoms with Gasteiger partial charge in [-0.05, 0) is 6.42 Å². The molecule has 1 saturated heterocycles. The summed E-state index contributed by atoms with van der Waals surface area (Å²) in [5, 5.41) is 7.21. The number of nitrogens with one attached hydrogen (secondary N) is 2. The number of thioether (sulfide) groups is 1. The molecule has 2 rings (SSSR count). The van der Waals surface area contributed by atoms with Crippen molar-refractivity contribution >= 4 is 29.5 Å². The highest BCUT2D eigenvalue weighted by Gasteiger charge is 2.37. The van der Waals surface area contributed by atoms with Crippen LogP contribution in [0.1, 0.15) is 25.6 Å². The number of carbonyl (C=O) groups excluding carboxylic acids is 2. The summed E-state index contributed by atoms with van der Waals surface area (Å²) in [6.45, 7) is 1.85. The Bertz CT molecular complexity index is 562. The number of H-pyrrole nitrogens is 1. The molecule has 0 aliphatic carbocycles.